The number of ether oxygens (including phenoxy) is 1. The van der Waals surface area contributed by atoms with Crippen LogP contribution >= 0.6 is 11.8 Å². The van der Waals surface area contributed by atoms with Crippen LogP contribution in [-0.4, -0.2) is 42.1 Å². The van der Waals surface area contributed by atoms with Crippen LogP contribution in [0.1, 0.15) is 16.8 Å². The summed E-state index contributed by atoms with van der Waals surface area (Å²) in [5, 5.41) is 11.6. The fraction of sp³-hybridized carbons (Fsp3) is 0.385. The van der Waals surface area contributed by atoms with Crippen LogP contribution in [0.5, 0.6) is 5.75 Å². The maximum Gasteiger partial charge on any atom is 0.326 e. The van der Waals surface area contributed by atoms with Gasteiger partial charge < -0.3 is 15.2 Å². The second kappa shape index (κ2) is 7.68. The molecule has 5 nitrogen and oxygen atoms in total. The summed E-state index contributed by atoms with van der Waals surface area (Å²) in [6.45, 7) is 0. The largest absolute Gasteiger partial charge is 0.496 e. The number of nitrogens with one attached hydrogen (secondary N) is 1. The highest BCUT2D eigenvalue weighted by atomic mass is 32.2. The first-order chi connectivity index (χ1) is 9.10. The van der Waals surface area contributed by atoms with E-state index in [-0.39, 0.29) is 0 Å². The molecule has 1 aromatic rings. The number of rotatable bonds is 7. The highest BCUT2D eigenvalue weighted by molar-refractivity contribution is 7.98. The maximum absolute atomic E-state index is 12.0. The summed E-state index contributed by atoms with van der Waals surface area (Å²) in [5.41, 5.74) is 0.334. The Morgan fingerprint density at radius 3 is 2.68 bits per heavy atom. The van der Waals surface area contributed by atoms with Gasteiger partial charge in [0.2, 0.25) is 0 Å². The first-order valence-electron chi connectivity index (χ1n) is 5.75. The Hall–Kier alpha value is -1.69. The lowest BCUT2D eigenvalue weighted by Gasteiger charge is -2.15. The Morgan fingerprint density at radius 2 is 2.11 bits per heavy atom. The number of aliphatic carboxylic acids is 1. The zero-order valence-corrected chi connectivity index (χ0v) is 11.7. The van der Waals surface area contributed by atoms with E-state index in [1.807, 2.05) is 6.26 Å². The van der Waals surface area contributed by atoms with Gasteiger partial charge in [-0.2, -0.15) is 11.8 Å². The zero-order chi connectivity index (χ0) is 14.3. The monoisotopic (exact) mass is 283 g/mol. The smallest absolute Gasteiger partial charge is 0.326 e. The number of hydrogen-bond acceptors (Lipinski definition) is 4. The third kappa shape index (κ3) is 4.48. The number of carboxylic acid groups (broad SMARTS) is 1. The maximum atomic E-state index is 12.0. The van der Waals surface area contributed by atoms with Crippen molar-refractivity contribution in [3.8, 4) is 5.75 Å². The molecule has 0 heterocycles. The van der Waals surface area contributed by atoms with Crippen molar-refractivity contribution >= 4 is 23.6 Å². The van der Waals surface area contributed by atoms with Crippen LogP contribution in [-0.2, 0) is 4.79 Å². The van der Waals surface area contributed by atoms with Crippen molar-refractivity contribution in [2.45, 2.75) is 12.5 Å². The Kier molecular flexibility index (Phi) is 6.21. The lowest BCUT2D eigenvalue weighted by Crippen LogP contribution is -2.41. The molecule has 0 fully saturated rings. The summed E-state index contributed by atoms with van der Waals surface area (Å²) in [6, 6.07) is 5.83. The predicted octanol–water partition coefficient (Wildman–Crippen LogP) is 1.63. The van der Waals surface area contributed by atoms with Crippen LogP contribution in [0.3, 0.4) is 0 Å². The van der Waals surface area contributed by atoms with Crippen LogP contribution in [0.15, 0.2) is 24.3 Å². The summed E-state index contributed by atoms with van der Waals surface area (Å²) in [4.78, 5) is 23.1. The van der Waals surface area contributed by atoms with E-state index < -0.39 is 17.9 Å². The zero-order valence-electron chi connectivity index (χ0n) is 10.9. The second-order valence-corrected chi connectivity index (χ2v) is 4.83. The summed E-state index contributed by atoms with van der Waals surface area (Å²) in [5.74, 6) is -0.374. The van der Waals surface area contributed by atoms with E-state index in [0.717, 1.165) is 0 Å². The first kappa shape index (κ1) is 15.4. The van der Waals surface area contributed by atoms with E-state index >= 15 is 0 Å². The highest BCUT2D eigenvalue weighted by Crippen LogP contribution is 2.17. The topological polar surface area (TPSA) is 75.6 Å². The number of methoxy groups -OCH3 is 1. The molecule has 0 spiro atoms. The fourth-order valence-corrected chi connectivity index (χ4v) is 2.03. The minimum Gasteiger partial charge on any atom is -0.496 e. The van der Waals surface area contributed by atoms with Crippen LogP contribution in [0.2, 0.25) is 0 Å². The molecule has 2 N–H and O–H groups in total. The van der Waals surface area contributed by atoms with Crippen LogP contribution < -0.4 is 10.1 Å². The Bertz CT molecular complexity index is 450. The number of hydrogen-bond donors (Lipinski definition) is 2. The van der Waals surface area contributed by atoms with Gasteiger partial charge in [-0.3, -0.25) is 4.79 Å². The predicted molar refractivity (Wildman–Crippen MR) is 74.9 cm³/mol. The summed E-state index contributed by atoms with van der Waals surface area (Å²) < 4.78 is 5.08. The van der Waals surface area contributed by atoms with Gasteiger partial charge in [0.15, 0.2) is 0 Å². The molecule has 104 valence electrons. The van der Waals surface area contributed by atoms with Gasteiger partial charge in [0.25, 0.3) is 5.91 Å². The minimum atomic E-state index is -1.03. The average Bonchev–Trinajstić information content (AvgIpc) is 2.42. The van der Waals surface area contributed by atoms with Gasteiger partial charge in [0.05, 0.1) is 12.7 Å². The molecule has 0 bridgehead atoms. The fourth-order valence-electron chi connectivity index (χ4n) is 1.56. The number of benzene rings is 1. The van der Waals surface area contributed by atoms with Crippen LogP contribution in [0, 0.1) is 0 Å². The molecule has 0 aromatic heterocycles. The van der Waals surface area contributed by atoms with Crippen LogP contribution in [0.4, 0.5) is 0 Å². The number of para-hydroxylation sites is 1. The molecular weight excluding hydrogens is 266 g/mol. The third-order valence-corrected chi connectivity index (χ3v) is 3.21. The van der Waals surface area contributed by atoms with E-state index in [0.29, 0.717) is 23.5 Å². The number of carbonyl (C=O) groups excluding carboxylic acids is 1. The molecule has 1 amide bonds. The molecule has 0 aliphatic heterocycles. The molecule has 1 aromatic carbocycles. The van der Waals surface area contributed by atoms with E-state index in [1.165, 1.54) is 18.9 Å². The van der Waals surface area contributed by atoms with E-state index in [2.05, 4.69) is 5.32 Å². The summed E-state index contributed by atoms with van der Waals surface area (Å²) >= 11 is 1.54. The molecule has 0 saturated carbocycles. The van der Waals surface area contributed by atoms with Crippen molar-refractivity contribution in [1.29, 1.82) is 0 Å². The van der Waals surface area contributed by atoms with Gasteiger partial charge in [-0.15, -0.1) is 0 Å². The lowest BCUT2D eigenvalue weighted by molar-refractivity contribution is -0.139. The van der Waals surface area contributed by atoms with Gasteiger partial charge in [0.1, 0.15) is 11.8 Å². The van der Waals surface area contributed by atoms with Gasteiger partial charge in [-0.05, 0) is 30.6 Å². The molecule has 1 unspecified atom stereocenters. The lowest BCUT2D eigenvalue weighted by atomic mass is 10.1. The molecule has 0 radical (unpaired) electrons. The van der Waals surface area contributed by atoms with Gasteiger partial charge >= 0.3 is 5.97 Å². The van der Waals surface area contributed by atoms with Crippen molar-refractivity contribution in [2.24, 2.45) is 0 Å². The van der Waals surface area contributed by atoms with Gasteiger partial charge in [-0.25, -0.2) is 4.79 Å². The quantitative estimate of drug-likeness (QED) is 0.795. The van der Waals surface area contributed by atoms with Crippen molar-refractivity contribution in [3.05, 3.63) is 29.8 Å². The van der Waals surface area contributed by atoms with E-state index in [4.69, 9.17) is 9.84 Å². The summed E-state index contributed by atoms with van der Waals surface area (Å²) in [6.07, 6.45) is 2.28. The Labute approximate surface area is 116 Å². The molecule has 1 atom stereocenters. The molecule has 1 rings (SSSR count). The van der Waals surface area contributed by atoms with E-state index in [9.17, 15) is 9.59 Å². The highest BCUT2D eigenvalue weighted by Gasteiger charge is 2.21. The Balaban J connectivity index is 2.78. The third-order valence-electron chi connectivity index (χ3n) is 2.57. The normalized spacial score (nSPS) is 11.7. The summed E-state index contributed by atoms with van der Waals surface area (Å²) in [7, 11) is 1.47. The SMILES string of the molecule is COc1ccccc1C(=O)NC(CCSC)C(=O)O. The molecule has 0 aliphatic rings. The van der Waals surface area contributed by atoms with Crippen molar-refractivity contribution in [2.75, 3.05) is 19.1 Å². The number of carboxylic acids is 1. The van der Waals surface area contributed by atoms with Crippen molar-refractivity contribution in [3.63, 3.8) is 0 Å². The van der Waals surface area contributed by atoms with E-state index in [1.54, 1.807) is 24.3 Å². The molecule has 0 saturated heterocycles. The van der Waals surface area contributed by atoms with Gasteiger partial charge in [0, 0.05) is 0 Å². The van der Waals surface area contributed by atoms with Crippen molar-refractivity contribution < 1.29 is 19.4 Å². The molecular formula is C13H17NO4S. The standard InChI is InChI=1S/C13H17NO4S/c1-18-11-6-4-3-5-9(11)12(15)14-10(13(16)17)7-8-19-2/h3-6,10H,7-8H2,1-2H3,(H,14,15)(H,16,17). The second-order valence-electron chi connectivity index (χ2n) is 3.85. The number of amides is 1. The number of carbonyl (C=O) groups is 2. The first-order valence-corrected chi connectivity index (χ1v) is 7.15. The molecule has 0 aliphatic carbocycles. The average molecular weight is 283 g/mol. The minimum absolute atomic E-state index is 0.334. The number of thioether (sulfide) groups is 1. The van der Waals surface area contributed by atoms with Crippen molar-refractivity contribution in [1.82, 2.24) is 5.32 Å². The van der Waals surface area contributed by atoms with Crippen LogP contribution in [0.25, 0.3) is 0 Å². The molecule has 19 heavy (non-hydrogen) atoms. The molecule has 6 heteroatoms. The van der Waals surface area contributed by atoms with Gasteiger partial charge in [-0.1, -0.05) is 12.1 Å². The Morgan fingerprint density at radius 1 is 1.42 bits per heavy atom.